The van der Waals surface area contributed by atoms with Gasteiger partial charge in [-0.05, 0) is 32.1 Å². The third-order valence-electron chi connectivity index (χ3n) is 3.79. The molecule has 0 amide bonds. The molecule has 1 aliphatic rings. The topological polar surface area (TPSA) is 35.2 Å². The first kappa shape index (κ1) is 13.0. The summed E-state index contributed by atoms with van der Waals surface area (Å²) in [6.45, 7) is 6.53. The fourth-order valence-corrected chi connectivity index (χ4v) is 2.47. The molecule has 2 heteroatoms. The molecule has 0 aromatic heterocycles. The number of ether oxygens (including phenoxy) is 1. The average Bonchev–Trinajstić information content (AvgIpc) is 2.28. The highest BCUT2D eigenvalue weighted by Gasteiger charge is 2.24. The van der Waals surface area contributed by atoms with Crippen molar-refractivity contribution >= 4 is 0 Å². The van der Waals surface area contributed by atoms with E-state index in [2.05, 4.69) is 20.8 Å². The van der Waals surface area contributed by atoms with Gasteiger partial charge in [0.2, 0.25) is 0 Å². The van der Waals surface area contributed by atoms with E-state index in [-0.39, 0.29) is 12.1 Å². The lowest BCUT2D eigenvalue weighted by Crippen LogP contribution is -2.38. The van der Waals surface area contributed by atoms with Crippen molar-refractivity contribution in [2.45, 2.75) is 77.5 Å². The maximum Gasteiger partial charge on any atom is 0.0701 e. The Hall–Kier alpha value is -0.0800. The highest BCUT2D eigenvalue weighted by atomic mass is 16.5. The SMILES string of the molecule is CCC1CCCC(OC(C)C(N)CC)C1. The van der Waals surface area contributed by atoms with Crippen molar-refractivity contribution in [2.75, 3.05) is 0 Å². The third kappa shape index (κ3) is 4.12. The molecule has 0 aliphatic heterocycles. The highest BCUT2D eigenvalue weighted by molar-refractivity contribution is 4.76. The van der Waals surface area contributed by atoms with Crippen LogP contribution in [0.3, 0.4) is 0 Å². The standard InChI is InChI=1S/C13H27NO/c1-4-11-7-6-8-12(9-11)15-10(3)13(14)5-2/h10-13H,4-9,14H2,1-3H3. The van der Waals surface area contributed by atoms with Gasteiger partial charge in [0.05, 0.1) is 12.2 Å². The second-order valence-corrected chi connectivity index (χ2v) is 4.98. The number of hydrogen-bond donors (Lipinski definition) is 1. The van der Waals surface area contributed by atoms with Gasteiger partial charge in [-0.2, -0.15) is 0 Å². The molecule has 0 radical (unpaired) electrons. The van der Waals surface area contributed by atoms with Gasteiger partial charge in [0.1, 0.15) is 0 Å². The molecule has 15 heavy (non-hydrogen) atoms. The van der Waals surface area contributed by atoms with Crippen LogP contribution in [0.2, 0.25) is 0 Å². The normalized spacial score (nSPS) is 31.2. The maximum atomic E-state index is 6.05. The Balaban J connectivity index is 2.31. The molecule has 2 N–H and O–H groups in total. The monoisotopic (exact) mass is 213 g/mol. The lowest BCUT2D eigenvalue weighted by molar-refractivity contribution is -0.0428. The van der Waals surface area contributed by atoms with E-state index >= 15 is 0 Å². The van der Waals surface area contributed by atoms with Crippen LogP contribution in [-0.2, 0) is 4.74 Å². The van der Waals surface area contributed by atoms with Gasteiger partial charge in [0.15, 0.2) is 0 Å². The summed E-state index contributed by atoms with van der Waals surface area (Å²) in [5, 5.41) is 0. The molecule has 0 aromatic carbocycles. The van der Waals surface area contributed by atoms with Gasteiger partial charge in [-0.15, -0.1) is 0 Å². The zero-order valence-corrected chi connectivity index (χ0v) is 10.5. The second-order valence-electron chi connectivity index (χ2n) is 4.98. The Morgan fingerprint density at radius 1 is 1.33 bits per heavy atom. The van der Waals surface area contributed by atoms with Crippen molar-refractivity contribution in [3.8, 4) is 0 Å². The van der Waals surface area contributed by atoms with E-state index in [0.29, 0.717) is 6.10 Å². The van der Waals surface area contributed by atoms with E-state index in [0.717, 1.165) is 12.3 Å². The molecule has 0 aromatic rings. The van der Waals surface area contributed by atoms with E-state index in [9.17, 15) is 0 Å². The van der Waals surface area contributed by atoms with Crippen LogP contribution in [0.5, 0.6) is 0 Å². The maximum absolute atomic E-state index is 6.05. The fraction of sp³-hybridized carbons (Fsp3) is 1.00. The predicted octanol–water partition coefficient (Wildman–Crippen LogP) is 3.10. The Labute approximate surface area is 94.6 Å². The van der Waals surface area contributed by atoms with Crippen LogP contribution >= 0.6 is 0 Å². The average molecular weight is 213 g/mol. The lowest BCUT2D eigenvalue weighted by atomic mass is 9.85. The summed E-state index contributed by atoms with van der Waals surface area (Å²) in [6.07, 6.45) is 8.20. The molecule has 2 nitrogen and oxygen atoms in total. The summed E-state index contributed by atoms with van der Waals surface area (Å²) in [5.74, 6) is 0.883. The predicted molar refractivity (Wildman–Crippen MR) is 64.9 cm³/mol. The van der Waals surface area contributed by atoms with Gasteiger partial charge < -0.3 is 10.5 Å². The molecule has 0 heterocycles. The summed E-state index contributed by atoms with van der Waals surface area (Å²) in [5.41, 5.74) is 5.98. The highest BCUT2D eigenvalue weighted by Crippen LogP contribution is 2.29. The largest absolute Gasteiger partial charge is 0.374 e. The van der Waals surface area contributed by atoms with E-state index in [1.54, 1.807) is 0 Å². The molecule has 1 rings (SSSR count). The van der Waals surface area contributed by atoms with Crippen molar-refractivity contribution < 1.29 is 4.74 Å². The van der Waals surface area contributed by atoms with Crippen LogP contribution in [0.25, 0.3) is 0 Å². The summed E-state index contributed by atoms with van der Waals surface area (Å²) in [7, 11) is 0. The van der Waals surface area contributed by atoms with Gasteiger partial charge in [-0.1, -0.05) is 33.1 Å². The van der Waals surface area contributed by atoms with Crippen molar-refractivity contribution in [3.63, 3.8) is 0 Å². The Kier molecular flexibility index (Phi) is 5.62. The number of rotatable bonds is 5. The minimum Gasteiger partial charge on any atom is -0.374 e. The van der Waals surface area contributed by atoms with Crippen molar-refractivity contribution in [1.82, 2.24) is 0 Å². The van der Waals surface area contributed by atoms with Gasteiger partial charge in [0.25, 0.3) is 0 Å². The second kappa shape index (κ2) is 6.49. The minimum absolute atomic E-state index is 0.201. The molecule has 0 bridgehead atoms. The summed E-state index contributed by atoms with van der Waals surface area (Å²) in [6, 6.07) is 0.201. The first-order valence-electron chi connectivity index (χ1n) is 6.58. The quantitative estimate of drug-likeness (QED) is 0.761. The molecule has 4 unspecified atom stereocenters. The first-order chi connectivity index (χ1) is 7.17. The Morgan fingerprint density at radius 2 is 2.07 bits per heavy atom. The van der Waals surface area contributed by atoms with Crippen LogP contribution in [0.4, 0.5) is 0 Å². The zero-order chi connectivity index (χ0) is 11.3. The third-order valence-corrected chi connectivity index (χ3v) is 3.79. The smallest absolute Gasteiger partial charge is 0.0701 e. The zero-order valence-electron chi connectivity index (χ0n) is 10.5. The van der Waals surface area contributed by atoms with Crippen LogP contribution in [0, 0.1) is 5.92 Å². The summed E-state index contributed by atoms with van der Waals surface area (Å²) < 4.78 is 6.05. The van der Waals surface area contributed by atoms with Crippen molar-refractivity contribution in [2.24, 2.45) is 11.7 Å². The van der Waals surface area contributed by atoms with E-state index < -0.39 is 0 Å². The van der Waals surface area contributed by atoms with Crippen LogP contribution in [0.15, 0.2) is 0 Å². The summed E-state index contributed by atoms with van der Waals surface area (Å²) in [4.78, 5) is 0. The fourth-order valence-electron chi connectivity index (χ4n) is 2.47. The van der Waals surface area contributed by atoms with Gasteiger partial charge in [-0.3, -0.25) is 0 Å². The molecule has 1 saturated carbocycles. The molecule has 4 atom stereocenters. The van der Waals surface area contributed by atoms with Crippen LogP contribution in [0.1, 0.15) is 59.3 Å². The molecular weight excluding hydrogens is 186 g/mol. The molecule has 0 spiro atoms. The Morgan fingerprint density at radius 3 is 2.67 bits per heavy atom. The Bertz CT molecular complexity index is 172. The number of hydrogen-bond acceptors (Lipinski definition) is 2. The van der Waals surface area contributed by atoms with Crippen molar-refractivity contribution in [3.05, 3.63) is 0 Å². The lowest BCUT2D eigenvalue weighted by Gasteiger charge is -2.32. The first-order valence-corrected chi connectivity index (χ1v) is 6.58. The van der Waals surface area contributed by atoms with Gasteiger partial charge in [-0.25, -0.2) is 0 Å². The van der Waals surface area contributed by atoms with Gasteiger partial charge in [0, 0.05) is 6.04 Å². The molecule has 1 fully saturated rings. The number of nitrogens with two attached hydrogens (primary N) is 1. The van der Waals surface area contributed by atoms with Crippen LogP contribution in [-0.4, -0.2) is 18.2 Å². The van der Waals surface area contributed by atoms with Crippen LogP contribution < -0.4 is 5.73 Å². The molecule has 90 valence electrons. The molecular formula is C13H27NO. The van der Waals surface area contributed by atoms with E-state index in [4.69, 9.17) is 10.5 Å². The van der Waals surface area contributed by atoms with E-state index in [1.165, 1.54) is 32.1 Å². The molecule has 1 aliphatic carbocycles. The minimum atomic E-state index is 0.201. The van der Waals surface area contributed by atoms with E-state index in [1.807, 2.05) is 0 Å². The van der Waals surface area contributed by atoms with Crippen molar-refractivity contribution in [1.29, 1.82) is 0 Å². The van der Waals surface area contributed by atoms with Gasteiger partial charge >= 0.3 is 0 Å². The summed E-state index contributed by atoms with van der Waals surface area (Å²) >= 11 is 0. The molecule has 0 saturated heterocycles.